The number of aryl methyl sites for hydroxylation is 1. The third-order valence-corrected chi connectivity index (χ3v) is 6.97. The van der Waals surface area contributed by atoms with Gasteiger partial charge in [0.1, 0.15) is 9.77 Å². The molecule has 0 spiro atoms. The average molecular weight is 333 g/mol. The van der Waals surface area contributed by atoms with E-state index in [-0.39, 0.29) is 28.8 Å². The summed E-state index contributed by atoms with van der Waals surface area (Å²) < 4.78 is 31.6. The summed E-state index contributed by atoms with van der Waals surface area (Å²) in [7, 11) is -2.53. The number of sulfonamides is 1. The highest BCUT2D eigenvalue weighted by Gasteiger charge is 2.36. The third kappa shape index (κ3) is 2.98. The van der Waals surface area contributed by atoms with Crippen LogP contribution in [0.25, 0.3) is 0 Å². The molecule has 0 amide bonds. The number of aliphatic hydroxyl groups is 1. The molecule has 1 aliphatic rings. The SMILES string of the molecule is COC(=O)c1scc(C)c1S(=O)(=O)N1CCC(O)C(C)C1. The smallest absolute Gasteiger partial charge is 0.349 e. The lowest BCUT2D eigenvalue weighted by Crippen LogP contribution is -2.45. The molecule has 1 saturated heterocycles. The Morgan fingerprint density at radius 1 is 1.52 bits per heavy atom. The topological polar surface area (TPSA) is 83.9 Å². The quantitative estimate of drug-likeness (QED) is 0.841. The number of thiophene rings is 1. The number of rotatable bonds is 3. The van der Waals surface area contributed by atoms with Crippen LogP contribution in [0.3, 0.4) is 0 Å². The van der Waals surface area contributed by atoms with Gasteiger partial charge in [-0.1, -0.05) is 6.92 Å². The minimum Gasteiger partial charge on any atom is -0.465 e. The van der Waals surface area contributed by atoms with E-state index < -0.39 is 22.1 Å². The van der Waals surface area contributed by atoms with Crippen molar-refractivity contribution < 1.29 is 23.1 Å². The Morgan fingerprint density at radius 3 is 2.76 bits per heavy atom. The minimum atomic E-state index is -3.76. The fourth-order valence-corrected chi connectivity index (χ4v) is 5.64. The standard InChI is InChI=1S/C13H19NO5S2/c1-8-6-14(5-4-10(8)15)21(17,18)12-9(2)7-20-11(12)13(16)19-3/h7-8,10,15H,4-6H2,1-3H3. The molecule has 1 aliphatic heterocycles. The van der Waals surface area contributed by atoms with Gasteiger partial charge < -0.3 is 9.84 Å². The summed E-state index contributed by atoms with van der Waals surface area (Å²) in [5.41, 5.74) is 0.541. The molecule has 8 heteroatoms. The predicted octanol–water partition coefficient (Wildman–Crippen LogP) is 1.23. The van der Waals surface area contributed by atoms with Gasteiger partial charge in [-0.3, -0.25) is 0 Å². The van der Waals surface area contributed by atoms with Gasteiger partial charge in [-0.25, -0.2) is 13.2 Å². The van der Waals surface area contributed by atoms with Gasteiger partial charge in [0.2, 0.25) is 10.0 Å². The van der Waals surface area contributed by atoms with Crippen molar-refractivity contribution in [3.05, 3.63) is 15.8 Å². The number of esters is 1. The summed E-state index contributed by atoms with van der Waals surface area (Å²) in [4.78, 5) is 11.9. The van der Waals surface area contributed by atoms with Crippen LogP contribution in [0.5, 0.6) is 0 Å². The highest BCUT2D eigenvalue weighted by Crippen LogP contribution is 2.32. The molecule has 118 valence electrons. The number of nitrogens with zero attached hydrogens (tertiary/aromatic N) is 1. The molecule has 0 aromatic carbocycles. The molecule has 6 nitrogen and oxygen atoms in total. The molecule has 21 heavy (non-hydrogen) atoms. The second-order valence-electron chi connectivity index (χ2n) is 5.26. The van der Waals surface area contributed by atoms with Gasteiger partial charge in [0.15, 0.2) is 0 Å². The Hall–Kier alpha value is -0.960. The first-order chi connectivity index (χ1) is 9.78. The second kappa shape index (κ2) is 6.04. The highest BCUT2D eigenvalue weighted by molar-refractivity contribution is 7.89. The van der Waals surface area contributed by atoms with Crippen LogP contribution in [0, 0.1) is 12.8 Å². The van der Waals surface area contributed by atoms with Crippen LogP contribution >= 0.6 is 11.3 Å². The van der Waals surface area contributed by atoms with E-state index in [1.165, 1.54) is 11.4 Å². The summed E-state index contributed by atoms with van der Waals surface area (Å²) >= 11 is 1.07. The van der Waals surface area contributed by atoms with Gasteiger partial charge in [0.25, 0.3) is 0 Å². The van der Waals surface area contributed by atoms with E-state index in [1.807, 2.05) is 6.92 Å². The van der Waals surface area contributed by atoms with Crippen molar-refractivity contribution >= 4 is 27.3 Å². The van der Waals surface area contributed by atoms with Gasteiger partial charge in [0.05, 0.1) is 13.2 Å². The second-order valence-corrected chi connectivity index (χ2v) is 8.02. The number of ether oxygens (including phenoxy) is 1. The van der Waals surface area contributed by atoms with Gasteiger partial charge in [0, 0.05) is 13.1 Å². The predicted molar refractivity (Wildman–Crippen MR) is 78.9 cm³/mol. The Bertz CT molecular complexity index is 637. The molecular formula is C13H19NO5S2. The summed E-state index contributed by atoms with van der Waals surface area (Å²) in [5.74, 6) is -0.772. The molecule has 0 bridgehead atoms. The van der Waals surface area contributed by atoms with Crippen molar-refractivity contribution in [2.75, 3.05) is 20.2 Å². The van der Waals surface area contributed by atoms with E-state index in [1.54, 1.807) is 12.3 Å². The van der Waals surface area contributed by atoms with Crippen molar-refractivity contribution in [1.29, 1.82) is 0 Å². The maximum atomic E-state index is 12.8. The first-order valence-electron chi connectivity index (χ1n) is 6.63. The van der Waals surface area contributed by atoms with E-state index in [2.05, 4.69) is 4.74 Å². The molecule has 1 aromatic heterocycles. The normalized spacial score (nSPS) is 24.0. The number of piperidine rings is 1. The number of hydrogen-bond acceptors (Lipinski definition) is 6. The third-order valence-electron chi connectivity index (χ3n) is 3.71. The minimum absolute atomic E-state index is 0.0305. The van der Waals surface area contributed by atoms with E-state index in [4.69, 9.17) is 0 Å². The van der Waals surface area contributed by atoms with Crippen LogP contribution in [0.2, 0.25) is 0 Å². The molecule has 0 saturated carbocycles. The van der Waals surface area contributed by atoms with Crippen LogP contribution in [0.15, 0.2) is 10.3 Å². The maximum Gasteiger partial charge on any atom is 0.349 e. The van der Waals surface area contributed by atoms with Crippen molar-refractivity contribution in [2.24, 2.45) is 5.92 Å². The molecule has 0 aliphatic carbocycles. The van der Waals surface area contributed by atoms with Crippen LogP contribution in [0.1, 0.15) is 28.6 Å². The molecule has 0 radical (unpaired) electrons. The Balaban J connectivity index is 2.41. The fourth-order valence-electron chi connectivity index (χ4n) is 2.43. The zero-order valence-electron chi connectivity index (χ0n) is 12.2. The molecular weight excluding hydrogens is 314 g/mol. The highest BCUT2D eigenvalue weighted by atomic mass is 32.2. The Labute approximate surface area is 128 Å². The first kappa shape index (κ1) is 16.4. The maximum absolute atomic E-state index is 12.8. The van der Waals surface area contributed by atoms with Crippen LogP contribution in [-0.2, 0) is 14.8 Å². The molecule has 1 fully saturated rings. The van der Waals surface area contributed by atoms with Crippen LogP contribution in [0.4, 0.5) is 0 Å². The summed E-state index contributed by atoms with van der Waals surface area (Å²) in [6.07, 6.45) is -0.0861. The van der Waals surface area contributed by atoms with Crippen LogP contribution in [-0.4, -0.2) is 50.1 Å². The van der Waals surface area contributed by atoms with Crippen molar-refractivity contribution in [3.8, 4) is 0 Å². The van der Waals surface area contributed by atoms with E-state index in [0.717, 1.165) is 11.3 Å². The lowest BCUT2D eigenvalue weighted by Gasteiger charge is -2.33. The summed E-state index contributed by atoms with van der Waals surface area (Å²) in [6, 6.07) is 0. The van der Waals surface area contributed by atoms with Crippen molar-refractivity contribution in [3.63, 3.8) is 0 Å². The largest absolute Gasteiger partial charge is 0.465 e. The molecule has 1 aromatic rings. The van der Waals surface area contributed by atoms with Crippen LogP contribution < -0.4 is 0 Å². The molecule has 2 unspecified atom stereocenters. The van der Waals surface area contributed by atoms with E-state index in [9.17, 15) is 18.3 Å². The number of carbonyl (C=O) groups is 1. The lowest BCUT2D eigenvalue weighted by atomic mass is 9.99. The monoisotopic (exact) mass is 333 g/mol. The van der Waals surface area contributed by atoms with Gasteiger partial charge in [-0.15, -0.1) is 11.3 Å². The number of carbonyl (C=O) groups excluding carboxylic acids is 1. The Kier molecular flexibility index (Phi) is 4.72. The van der Waals surface area contributed by atoms with Gasteiger partial charge >= 0.3 is 5.97 Å². The zero-order valence-corrected chi connectivity index (χ0v) is 13.8. The number of hydrogen-bond donors (Lipinski definition) is 1. The van der Waals surface area contributed by atoms with Crippen molar-refractivity contribution in [2.45, 2.75) is 31.3 Å². The number of methoxy groups -OCH3 is 1. The first-order valence-corrected chi connectivity index (χ1v) is 8.95. The zero-order chi connectivity index (χ0) is 15.8. The molecule has 1 N–H and O–H groups in total. The lowest BCUT2D eigenvalue weighted by molar-refractivity contribution is 0.0594. The Morgan fingerprint density at radius 2 is 2.19 bits per heavy atom. The molecule has 2 heterocycles. The average Bonchev–Trinajstić information content (AvgIpc) is 2.83. The summed E-state index contributed by atoms with van der Waals surface area (Å²) in [5, 5.41) is 11.4. The molecule has 2 atom stereocenters. The van der Waals surface area contributed by atoms with E-state index >= 15 is 0 Å². The van der Waals surface area contributed by atoms with Gasteiger partial charge in [-0.2, -0.15) is 4.31 Å². The fraction of sp³-hybridized carbons (Fsp3) is 0.615. The van der Waals surface area contributed by atoms with Gasteiger partial charge in [-0.05, 0) is 30.2 Å². The number of aliphatic hydroxyl groups excluding tert-OH is 1. The summed E-state index contributed by atoms with van der Waals surface area (Å²) in [6.45, 7) is 3.98. The van der Waals surface area contributed by atoms with E-state index in [0.29, 0.717) is 12.0 Å². The molecule has 2 rings (SSSR count). The van der Waals surface area contributed by atoms with Crippen molar-refractivity contribution in [1.82, 2.24) is 4.31 Å².